The van der Waals surface area contributed by atoms with Crippen LogP contribution in [0.25, 0.3) is 0 Å². The molecule has 0 aliphatic heterocycles. The highest BCUT2D eigenvalue weighted by Crippen LogP contribution is 2.13. The Kier molecular flexibility index (Phi) is 3.48. The van der Waals surface area contributed by atoms with E-state index in [-0.39, 0.29) is 17.0 Å². The van der Waals surface area contributed by atoms with Gasteiger partial charge < -0.3 is 4.74 Å². The van der Waals surface area contributed by atoms with Crippen LogP contribution in [0.3, 0.4) is 0 Å². The number of aromatic nitrogens is 1. The third-order valence-corrected chi connectivity index (χ3v) is 2.47. The molecule has 1 heterocycles. The monoisotopic (exact) mass is 241 g/mol. The maximum absolute atomic E-state index is 12.2. The van der Waals surface area contributed by atoms with Gasteiger partial charge in [-0.2, -0.15) is 0 Å². The van der Waals surface area contributed by atoms with Gasteiger partial charge >= 0.3 is 5.97 Å². The number of carbonyl (C=O) groups is 2. The molecule has 1 aromatic heterocycles. The minimum Gasteiger partial charge on any atom is -0.464 e. The van der Waals surface area contributed by atoms with E-state index in [1.165, 1.54) is 13.3 Å². The Morgan fingerprint density at radius 3 is 2.44 bits per heavy atom. The van der Waals surface area contributed by atoms with Crippen molar-refractivity contribution in [3.05, 3.63) is 65.5 Å². The number of ether oxygens (including phenoxy) is 1. The second-order valence-electron chi connectivity index (χ2n) is 3.59. The lowest BCUT2D eigenvalue weighted by Crippen LogP contribution is -2.13. The molecular formula is C14H11NO3. The molecule has 0 saturated carbocycles. The van der Waals surface area contributed by atoms with Crippen LogP contribution in [0, 0.1) is 0 Å². The van der Waals surface area contributed by atoms with Crippen LogP contribution in [0.2, 0.25) is 0 Å². The largest absolute Gasteiger partial charge is 0.464 e. The van der Waals surface area contributed by atoms with E-state index in [4.69, 9.17) is 0 Å². The van der Waals surface area contributed by atoms with E-state index in [2.05, 4.69) is 9.72 Å². The maximum Gasteiger partial charge on any atom is 0.357 e. The summed E-state index contributed by atoms with van der Waals surface area (Å²) in [4.78, 5) is 27.7. The van der Waals surface area contributed by atoms with Crippen LogP contribution >= 0.6 is 0 Å². The Balaban J connectivity index is 2.46. The minimum absolute atomic E-state index is 0.0360. The lowest BCUT2D eigenvalue weighted by Gasteiger charge is -2.05. The van der Waals surface area contributed by atoms with Crippen molar-refractivity contribution in [3.63, 3.8) is 0 Å². The second kappa shape index (κ2) is 5.23. The number of carbonyl (C=O) groups excluding carboxylic acids is 2. The molecule has 2 rings (SSSR count). The number of benzene rings is 1. The number of methoxy groups -OCH3 is 1. The van der Waals surface area contributed by atoms with Crippen LogP contribution in [0.4, 0.5) is 0 Å². The molecule has 4 nitrogen and oxygen atoms in total. The van der Waals surface area contributed by atoms with Crippen molar-refractivity contribution in [1.82, 2.24) is 4.98 Å². The summed E-state index contributed by atoms with van der Waals surface area (Å²) >= 11 is 0. The molecular weight excluding hydrogens is 230 g/mol. The van der Waals surface area contributed by atoms with E-state index >= 15 is 0 Å². The van der Waals surface area contributed by atoms with Gasteiger partial charge in [-0.05, 0) is 12.1 Å². The van der Waals surface area contributed by atoms with E-state index in [0.29, 0.717) is 5.56 Å². The first kappa shape index (κ1) is 12.0. The van der Waals surface area contributed by atoms with Gasteiger partial charge in [0.05, 0.1) is 12.7 Å². The lowest BCUT2D eigenvalue weighted by molar-refractivity contribution is 0.0590. The lowest BCUT2D eigenvalue weighted by atomic mass is 10.0. The van der Waals surface area contributed by atoms with E-state index in [1.807, 2.05) is 6.07 Å². The fourth-order valence-corrected chi connectivity index (χ4v) is 1.59. The fraction of sp³-hybridized carbons (Fsp3) is 0.0714. The summed E-state index contributed by atoms with van der Waals surface area (Å²) in [5.74, 6) is -0.862. The second-order valence-corrected chi connectivity index (χ2v) is 3.59. The van der Waals surface area contributed by atoms with Crippen LogP contribution in [-0.4, -0.2) is 23.8 Å². The molecule has 0 radical (unpaired) electrons. The molecule has 0 saturated heterocycles. The fourth-order valence-electron chi connectivity index (χ4n) is 1.59. The van der Waals surface area contributed by atoms with E-state index < -0.39 is 5.97 Å². The first-order valence-corrected chi connectivity index (χ1v) is 5.37. The molecule has 0 N–H and O–H groups in total. The summed E-state index contributed by atoms with van der Waals surface area (Å²) in [6, 6.07) is 11.9. The molecule has 0 fully saturated rings. The van der Waals surface area contributed by atoms with Crippen LogP contribution in [0.5, 0.6) is 0 Å². The molecule has 0 aliphatic carbocycles. The van der Waals surface area contributed by atoms with Gasteiger partial charge in [-0.25, -0.2) is 9.78 Å². The zero-order chi connectivity index (χ0) is 13.0. The predicted octanol–water partition coefficient (Wildman–Crippen LogP) is 2.10. The molecule has 0 unspecified atom stereocenters. The number of rotatable bonds is 3. The molecule has 0 aliphatic rings. The van der Waals surface area contributed by atoms with Crippen LogP contribution in [0.1, 0.15) is 26.4 Å². The number of ketones is 1. The standard InChI is InChI=1S/C14H11NO3/c1-18-14(17)12-11(8-5-9-15-12)13(16)10-6-3-2-4-7-10/h2-9H,1H3. The zero-order valence-corrected chi connectivity index (χ0v) is 9.79. The number of hydrogen-bond donors (Lipinski definition) is 0. The van der Waals surface area contributed by atoms with Crippen molar-refractivity contribution in [2.24, 2.45) is 0 Å². The Labute approximate surface area is 104 Å². The summed E-state index contributed by atoms with van der Waals surface area (Å²) in [5.41, 5.74) is 0.792. The van der Waals surface area contributed by atoms with Crippen molar-refractivity contribution in [1.29, 1.82) is 0 Å². The topological polar surface area (TPSA) is 56.3 Å². The van der Waals surface area contributed by atoms with Crippen molar-refractivity contribution in [2.45, 2.75) is 0 Å². The average molecular weight is 241 g/mol. The van der Waals surface area contributed by atoms with Crippen LogP contribution in [0.15, 0.2) is 48.7 Å². The predicted molar refractivity (Wildman–Crippen MR) is 65.5 cm³/mol. The first-order valence-electron chi connectivity index (χ1n) is 5.37. The molecule has 4 heteroatoms. The van der Waals surface area contributed by atoms with Crippen molar-refractivity contribution >= 4 is 11.8 Å². The van der Waals surface area contributed by atoms with Gasteiger partial charge in [0.2, 0.25) is 0 Å². The number of hydrogen-bond acceptors (Lipinski definition) is 4. The van der Waals surface area contributed by atoms with Crippen molar-refractivity contribution in [2.75, 3.05) is 7.11 Å². The normalized spacial score (nSPS) is 9.83. The quantitative estimate of drug-likeness (QED) is 0.610. The SMILES string of the molecule is COC(=O)c1ncccc1C(=O)c1ccccc1. The zero-order valence-electron chi connectivity index (χ0n) is 9.79. The summed E-state index contributed by atoms with van der Waals surface area (Å²) in [5, 5.41) is 0. The number of nitrogens with zero attached hydrogens (tertiary/aromatic N) is 1. The van der Waals surface area contributed by atoms with Crippen LogP contribution in [-0.2, 0) is 4.74 Å². The van der Waals surface area contributed by atoms with Gasteiger partial charge in [0, 0.05) is 11.8 Å². The molecule has 1 aromatic carbocycles. The van der Waals surface area contributed by atoms with Gasteiger partial charge in [-0.1, -0.05) is 30.3 Å². The molecule has 0 atom stereocenters. The van der Waals surface area contributed by atoms with Gasteiger partial charge in [-0.15, -0.1) is 0 Å². The number of esters is 1. The molecule has 0 bridgehead atoms. The molecule has 18 heavy (non-hydrogen) atoms. The smallest absolute Gasteiger partial charge is 0.357 e. The third kappa shape index (κ3) is 2.27. The van der Waals surface area contributed by atoms with Crippen molar-refractivity contribution in [3.8, 4) is 0 Å². The first-order chi connectivity index (χ1) is 8.74. The maximum atomic E-state index is 12.2. The molecule has 0 amide bonds. The Morgan fingerprint density at radius 2 is 1.78 bits per heavy atom. The van der Waals surface area contributed by atoms with Crippen LogP contribution < -0.4 is 0 Å². The highest BCUT2D eigenvalue weighted by atomic mass is 16.5. The minimum atomic E-state index is -0.616. The highest BCUT2D eigenvalue weighted by Gasteiger charge is 2.19. The highest BCUT2D eigenvalue weighted by molar-refractivity contribution is 6.13. The van der Waals surface area contributed by atoms with Gasteiger partial charge in [0.1, 0.15) is 0 Å². The van der Waals surface area contributed by atoms with E-state index in [0.717, 1.165) is 0 Å². The Bertz CT molecular complexity index is 579. The summed E-state index contributed by atoms with van der Waals surface area (Å²) in [7, 11) is 1.26. The summed E-state index contributed by atoms with van der Waals surface area (Å²) in [6.07, 6.45) is 1.45. The third-order valence-electron chi connectivity index (χ3n) is 2.47. The molecule has 2 aromatic rings. The van der Waals surface area contributed by atoms with Gasteiger partial charge in [0.15, 0.2) is 11.5 Å². The molecule has 90 valence electrons. The number of pyridine rings is 1. The van der Waals surface area contributed by atoms with Gasteiger partial charge in [-0.3, -0.25) is 4.79 Å². The average Bonchev–Trinajstić information content (AvgIpc) is 2.46. The summed E-state index contributed by atoms with van der Waals surface area (Å²) < 4.78 is 4.61. The van der Waals surface area contributed by atoms with E-state index in [1.54, 1.807) is 36.4 Å². The van der Waals surface area contributed by atoms with Crippen molar-refractivity contribution < 1.29 is 14.3 Å². The molecule has 0 spiro atoms. The van der Waals surface area contributed by atoms with Gasteiger partial charge in [0.25, 0.3) is 0 Å². The summed E-state index contributed by atoms with van der Waals surface area (Å²) in [6.45, 7) is 0. The Hall–Kier alpha value is -2.49. The Morgan fingerprint density at radius 1 is 1.06 bits per heavy atom. The van der Waals surface area contributed by atoms with E-state index in [9.17, 15) is 9.59 Å².